The molecule has 7 heteroatoms. The van der Waals surface area contributed by atoms with Crippen molar-refractivity contribution in [3.63, 3.8) is 0 Å². The normalized spacial score (nSPS) is 20.4. The van der Waals surface area contributed by atoms with Crippen molar-refractivity contribution in [2.75, 3.05) is 57.4 Å². The van der Waals surface area contributed by atoms with Gasteiger partial charge in [-0.25, -0.2) is 0 Å². The van der Waals surface area contributed by atoms with Gasteiger partial charge >= 0.3 is 0 Å². The Hall–Kier alpha value is -1.66. The van der Waals surface area contributed by atoms with Crippen LogP contribution in [0.3, 0.4) is 0 Å². The van der Waals surface area contributed by atoms with E-state index in [-0.39, 0.29) is 24.2 Å². The number of nitrogens with zero attached hydrogens (tertiary/aromatic N) is 2. The summed E-state index contributed by atoms with van der Waals surface area (Å²) in [5.74, 6) is 2.26. The highest BCUT2D eigenvalue weighted by atomic mass is 35.5. The van der Waals surface area contributed by atoms with Crippen LogP contribution >= 0.6 is 12.4 Å². The summed E-state index contributed by atoms with van der Waals surface area (Å²) in [5, 5.41) is 3.15. The molecule has 1 saturated carbocycles. The van der Waals surface area contributed by atoms with Crippen LogP contribution in [-0.2, 0) is 4.79 Å². The second kappa shape index (κ2) is 10.2. The lowest BCUT2D eigenvalue weighted by atomic mass is 9.89. The predicted octanol–water partition coefficient (Wildman–Crippen LogP) is 2.70. The molecule has 6 nitrogen and oxygen atoms in total. The van der Waals surface area contributed by atoms with Crippen LogP contribution in [0, 0.1) is 5.92 Å². The topological polar surface area (TPSA) is 54.0 Å². The molecule has 0 bridgehead atoms. The molecule has 3 aliphatic rings. The predicted molar refractivity (Wildman–Crippen MR) is 113 cm³/mol. The monoisotopic (exact) mass is 409 g/mol. The molecule has 0 spiro atoms. The molecule has 4 rings (SSSR count). The van der Waals surface area contributed by atoms with Crippen molar-refractivity contribution in [2.24, 2.45) is 5.92 Å². The highest BCUT2D eigenvalue weighted by Crippen LogP contribution is 2.39. The molecule has 1 N–H and O–H groups in total. The van der Waals surface area contributed by atoms with Crippen molar-refractivity contribution in [3.05, 3.63) is 18.2 Å². The van der Waals surface area contributed by atoms with E-state index in [0.717, 1.165) is 69.3 Å². The Balaban J connectivity index is 0.00000225. The molecule has 0 radical (unpaired) electrons. The summed E-state index contributed by atoms with van der Waals surface area (Å²) in [5.41, 5.74) is 1.14. The van der Waals surface area contributed by atoms with Crippen LogP contribution in [0.1, 0.15) is 32.1 Å². The van der Waals surface area contributed by atoms with Gasteiger partial charge in [-0.15, -0.1) is 12.4 Å². The maximum absolute atomic E-state index is 12.2. The molecular formula is C21H32ClN3O3. The quantitative estimate of drug-likeness (QED) is 0.810. The van der Waals surface area contributed by atoms with Gasteiger partial charge in [0.25, 0.3) is 0 Å². The number of carbonyl (C=O) groups is 1. The van der Waals surface area contributed by atoms with Crippen LogP contribution in [0.15, 0.2) is 18.2 Å². The third kappa shape index (κ3) is 5.03. The molecule has 0 atom stereocenters. The lowest BCUT2D eigenvalue weighted by Crippen LogP contribution is -2.49. The number of anilines is 1. The number of ether oxygens (including phenoxy) is 2. The number of carbonyl (C=O) groups excluding carboxylic acids is 1. The number of nitrogens with one attached hydrogen (secondary N) is 1. The maximum Gasteiger partial charge on any atom is 0.223 e. The number of fused-ring (bicyclic) bond motifs is 1. The number of benzene rings is 1. The smallest absolute Gasteiger partial charge is 0.223 e. The fraction of sp³-hybridized carbons (Fsp3) is 0.667. The summed E-state index contributed by atoms with van der Waals surface area (Å²) in [6.45, 7) is 6.87. The molecule has 1 aromatic carbocycles. The zero-order valence-electron chi connectivity index (χ0n) is 16.5. The summed E-state index contributed by atoms with van der Waals surface area (Å²) in [6.07, 6.45) is 5.83. The van der Waals surface area contributed by atoms with Crippen molar-refractivity contribution in [3.8, 4) is 11.5 Å². The lowest BCUT2D eigenvalue weighted by Gasteiger charge is -2.37. The molecule has 0 aromatic heterocycles. The average molecular weight is 410 g/mol. The van der Waals surface area contributed by atoms with E-state index in [0.29, 0.717) is 13.2 Å². The number of hydrogen-bond acceptors (Lipinski definition) is 5. The van der Waals surface area contributed by atoms with Gasteiger partial charge in [-0.2, -0.15) is 0 Å². The van der Waals surface area contributed by atoms with Crippen LogP contribution < -0.4 is 19.7 Å². The second-order valence-corrected chi connectivity index (χ2v) is 7.76. The van der Waals surface area contributed by atoms with E-state index >= 15 is 0 Å². The summed E-state index contributed by atoms with van der Waals surface area (Å²) in [6, 6.07) is 6.13. The van der Waals surface area contributed by atoms with Gasteiger partial charge in [0.1, 0.15) is 13.2 Å². The number of para-hydroxylation sites is 1. The Morgan fingerprint density at radius 2 is 1.79 bits per heavy atom. The Kier molecular flexibility index (Phi) is 7.68. The molecule has 1 amide bonds. The number of hydrogen-bond donors (Lipinski definition) is 1. The van der Waals surface area contributed by atoms with Crippen LogP contribution in [0.2, 0.25) is 0 Å². The van der Waals surface area contributed by atoms with Crippen LogP contribution in [0.4, 0.5) is 5.69 Å². The minimum Gasteiger partial charge on any atom is -0.486 e. The third-order valence-corrected chi connectivity index (χ3v) is 5.96. The molecule has 2 fully saturated rings. The third-order valence-electron chi connectivity index (χ3n) is 5.96. The fourth-order valence-corrected chi connectivity index (χ4v) is 4.37. The van der Waals surface area contributed by atoms with Crippen molar-refractivity contribution in [1.82, 2.24) is 10.2 Å². The van der Waals surface area contributed by atoms with Crippen LogP contribution in [0.5, 0.6) is 11.5 Å². The van der Waals surface area contributed by atoms with Crippen molar-refractivity contribution in [2.45, 2.75) is 32.1 Å². The van der Waals surface area contributed by atoms with E-state index in [1.165, 1.54) is 19.3 Å². The van der Waals surface area contributed by atoms with E-state index in [4.69, 9.17) is 9.47 Å². The van der Waals surface area contributed by atoms with E-state index in [1.807, 2.05) is 12.1 Å². The molecule has 156 valence electrons. The largest absolute Gasteiger partial charge is 0.486 e. The molecule has 2 heterocycles. The Labute approximate surface area is 173 Å². The van der Waals surface area contributed by atoms with Crippen LogP contribution in [0.25, 0.3) is 0 Å². The van der Waals surface area contributed by atoms with E-state index < -0.39 is 0 Å². The van der Waals surface area contributed by atoms with E-state index in [9.17, 15) is 4.79 Å². The summed E-state index contributed by atoms with van der Waals surface area (Å²) in [7, 11) is 0. The van der Waals surface area contributed by atoms with E-state index in [1.54, 1.807) is 0 Å². The molecule has 28 heavy (non-hydrogen) atoms. The van der Waals surface area contributed by atoms with E-state index in [2.05, 4.69) is 21.2 Å². The maximum atomic E-state index is 12.2. The Bertz CT molecular complexity index is 644. The second-order valence-electron chi connectivity index (χ2n) is 7.76. The van der Waals surface area contributed by atoms with Crippen molar-refractivity contribution in [1.29, 1.82) is 0 Å². The van der Waals surface area contributed by atoms with Crippen LogP contribution in [-0.4, -0.2) is 63.3 Å². The van der Waals surface area contributed by atoms with Gasteiger partial charge in [0.15, 0.2) is 11.5 Å². The average Bonchev–Trinajstić information content (AvgIpc) is 2.74. The first kappa shape index (κ1) is 21.1. The summed E-state index contributed by atoms with van der Waals surface area (Å²) >= 11 is 0. The molecule has 1 aromatic rings. The van der Waals surface area contributed by atoms with Gasteiger partial charge in [-0.1, -0.05) is 25.3 Å². The number of amides is 1. The van der Waals surface area contributed by atoms with Gasteiger partial charge < -0.3 is 19.7 Å². The minimum atomic E-state index is 0. The summed E-state index contributed by atoms with van der Waals surface area (Å²) < 4.78 is 11.6. The number of rotatable bonds is 5. The van der Waals surface area contributed by atoms with Gasteiger partial charge in [0.05, 0.1) is 5.69 Å². The molecule has 0 unspecified atom stereocenters. The van der Waals surface area contributed by atoms with Gasteiger partial charge in [-0.3, -0.25) is 9.69 Å². The molecule has 2 aliphatic heterocycles. The first-order chi connectivity index (χ1) is 13.3. The standard InChI is InChI=1S/C21H31N3O3.ClH/c25-21(17-5-2-1-3-6-17)22-9-10-23-11-13-24(14-12-23)18-7-4-8-19-20(18)27-16-15-26-19;/h4,7-8,17H,1-3,5-6,9-16H2,(H,22,25);1H. The van der Waals surface area contributed by atoms with Crippen molar-refractivity contribution < 1.29 is 14.3 Å². The number of halogens is 1. The molecule has 1 saturated heterocycles. The highest BCUT2D eigenvalue weighted by molar-refractivity contribution is 5.85. The first-order valence-corrected chi connectivity index (χ1v) is 10.4. The lowest BCUT2D eigenvalue weighted by molar-refractivity contribution is -0.125. The number of piperazine rings is 1. The Morgan fingerprint density at radius 3 is 2.57 bits per heavy atom. The first-order valence-electron chi connectivity index (χ1n) is 10.4. The zero-order chi connectivity index (χ0) is 18.5. The SMILES string of the molecule is Cl.O=C(NCCN1CCN(c2cccc3c2OCCO3)CC1)C1CCCCC1. The highest BCUT2D eigenvalue weighted by Gasteiger charge is 2.24. The molecular weight excluding hydrogens is 378 g/mol. The zero-order valence-corrected chi connectivity index (χ0v) is 17.3. The minimum absolute atomic E-state index is 0. The summed E-state index contributed by atoms with van der Waals surface area (Å²) in [4.78, 5) is 17.1. The van der Waals surface area contributed by atoms with Gasteiger partial charge in [0, 0.05) is 45.2 Å². The molecule has 1 aliphatic carbocycles. The van der Waals surface area contributed by atoms with Crippen molar-refractivity contribution >= 4 is 24.0 Å². The fourth-order valence-electron chi connectivity index (χ4n) is 4.37. The van der Waals surface area contributed by atoms with Gasteiger partial charge in [0.2, 0.25) is 5.91 Å². The van der Waals surface area contributed by atoms with Gasteiger partial charge in [-0.05, 0) is 25.0 Å². The Morgan fingerprint density at radius 1 is 1.04 bits per heavy atom.